The molecule has 8 N–H and O–H groups in total. The summed E-state index contributed by atoms with van der Waals surface area (Å²) in [4.78, 5) is 7.52. The minimum atomic E-state index is -0.134. The van der Waals surface area contributed by atoms with Gasteiger partial charge in [-0.05, 0) is 24.4 Å². The maximum absolute atomic E-state index is 4.68. The van der Waals surface area contributed by atoms with E-state index in [4.69, 9.17) is 0 Å². The Morgan fingerprint density at radius 3 is 1.00 bits per heavy atom. The molecule has 0 heterocycles. The summed E-state index contributed by atoms with van der Waals surface area (Å²) in [7, 11) is 0. The fourth-order valence-corrected chi connectivity index (χ4v) is 0. The van der Waals surface area contributed by atoms with Gasteiger partial charge in [0.25, 0.3) is 10.3 Å². The molecule has 6 nitrogen and oxygen atoms in total. The molecular weight excluding hydrogens is 242 g/mol. The fourth-order valence-electron chi connectivity index (χ4n) is 0. The Hall–Kier alpha value is -0.0766. The molecule has 0 spiro atoms. The van der Waals surface area contributed by atoms with E-state index in [9.17, 15) is 0 Å². The van der Waals surface area contributed by atoms with Gasteiger partial charge >= 0.3 is 0 Å². The third kappa shape index (κ3) is 40.5. The van der Waals surface area contributed by atoms with Crippen molar-refractivity contribution >= 4 is 34.8 Å². The molecule has 11 heavy (non-hydrogen) atoms. The molecule has 0 aliphatic carbocycles. The van der Waals surface area contributed by atoms with E-state index in [1.807, 2.05) is 0 Å². The summed E-state index contributed by atoms with van der Waals surface area (Å²) < 4.78 is 0. The van der Waals surface area contributed by atoms with Crippen molar-refractivity contribution in [3.8, 4) is 0 Å². The van der Waals surface area contributed by atoms with Crippen LogP contribution in [0.1, 0.15) is 0 Å². The predicted octanol–water partition coefficient (Wildman–Crippen LogP) is -1.76. The number of hydrogen-bond acceptors (Lipinski definition) is 6. The molecule has 0 saturated carbocycles. The van der Waals surface area contributed by atoms with Crippen molar-refractivity contribution in [1.29, 1.82) is 0 Å². The van der Waals surface area contributed by atoms with E-state index in [0.717, 1.165) is 0 Å². The van der Waals surface area contributed by atoms with Crippen LogP contribution in [0.15, 0.2) is 0 Å². The third-order valence-electron chi connectivity index (χ3n) is 0.232. The molecule has 0 unspecified atom stereocenters. The molecule has 0 aromatic heterocycles. The van der Waals surface area contributed by atoms with Gasteiger partial charge in [-0.2, -0.15) is 11.8 Å². The molecule has 0 radical (unpaired) electrons. The Morgan fingerprint density at radius 2 is 1.00 bits per heavy atom. The van der Waals surface area contributed by atoms with Gasteiger partial charge in [-0.1, -0.05) is 0 Å². The Labute approximate surface area is 87.2 Å². The fraction of sp³-hybridized carbons (Fsp3) is 0. The van der Waals surface area contributed by atoms with E-state index in [2.05, 4.69) is 57.4 Å². The van der Waals surface area contributed by atoms with Crippen molar-refractivity contribution < 1.29 is 29.2 Å². The van der Waals surface area contributed by atoms with Crippen LogP contribution in [0, 0.1) is 0 Å². The van der Waals surface area contributed by atoms with E-state index in [1.54, 1.807) is 0 Å². The zero-order valence-electron chi connectivity index (χ0n) is 5.65. The molecule has 0 aromatic carbocycles. The first-order chi connectivity index (χ1) is 4.54. The quantitative estimate of drug-likeness (QED) is 0.226. The molecule has 0 rings (SSSR count). The molecule has 0 saturated heterocycles. The van der Waals surface area contributed by atoms with Gasteiger partial charge in [0.1, 0.15) is 0 Å². The van der Waals surface area contributed by atoms with E-state index in [0.29, 0.717) is 0 Å². The maximum atomic E-state index is 4.68. The SMILES string of the molecule is NOC(N)=S.NOC(N)=S.[Zn]. The average molecular weight is 250 g/mol. The van der Waals surface area contributed by atoms with Crippen LogP contribution in [0.4, 0.5) is 0 Å². The summed E-state index contributed by atoms with van der Waals surface area (Å²) in [6, 6.07) is 0. The zero-order valence-corrected chi connectivity index (χ0v) is 10.2. The van der Waals surface area contributed by atoms with Crippen molar-refractivity contribution in [3.05, 3.63) is 0 Å². The topological polar surface area (TPSA) is 123 Å². The van der Waals surface area contributed by atoms with Crippen LogP contribution in [0.3, 0.4) is 0 Å². The first kappa shape index (κ1) is 17.1. The molecule has 0 amide bonds. The standard InChI is InChI=1S/2CH4N2OS.Zn/c2*2-1(5)4-3;/h2*3H2,(H2,2,5);. The molecule has 0 aromatic rings. The first-order valence-electron chi connectivity index (χ1n) is 1.87. The summed E-state index contributed by atoms with van der Waals surface area (Å²) in [5.74, 6) is 8.81. The van der Waals surface area contributed by atoms with Crippen molar-refractivity contribution in [2.75, 3.05) is 0 Å². The van der Waals surface area contributed by atoms with Crippen LogP contribution in [0.2, 0.25) is 0 Å². The number of thiocarbonyl (C=S) groups is 2. The van der Waals surface area contributed by atoms with Crippen LogP contribution in [-0.2, 0) is 29.2 Å². The molecule has 0 fully saturated rings. The largest absolute Gasteiger partial charge is 0.381 e. The van der Waals surface area contributed by atoms with E-state index in [-0.39, 0.29) is 29.8 Å². The van der Waals surface area contributed by atoms with E-state index < -0.39 is 0 Å². The second-order valence-electron chi connectivity index (χ2n) is 0.874. The Bertz CT molecular complexity index is 109. The van der Waals surface area contributed by atoms with Gasteiger partial charge in [-0.25, -0.2) is 0 Å². The molecule has 0 atom stereocenters. The predicted molar refractivity (Wildman–Crippen MR) is 44.1 cm³/mol. The summed E-state index contributed by atoms with van der Waals surface area (Å²) in [5, 5.41) is -0.269. The molecular formula is C2H8N4O2S2Zn. The molecule has 0 aliphatic heterocycles. The van der Waals surface area contributed by atoms with Crippen LogP contribution in [-0.4, -0.2) is 10.3 Å². The Balaban J connectivity index is -0.000000107. The molecule has 62 valence electrons. The minimum absolute atomic E-state index is 0. The van der Waals surface area contributed by atoms with Crippen LogP contribution in [0.25, 0.3) is 0 Å². The Morgan fingerprint density at radius 1 is 0.909 bits per heavy atom. The molecule has 0 aliphatic rings. The van der Waals surface area contributed by atoms with Crippen LogP contribution < -0.4 is 23.3 Å². The normalized spacial score (nSPS) is 6.00. The third-order valence-corrected chi connectivity index (χ3v) is 0.425. The second kappa shape index (κ2) is 12.6. The van der Waals surface area contributed by atoms with Gasteiger partial charge in [0, 0.05) is 19.5 Å². The van der Waals surface area contributed by atoms with Crippen molar-refractivity contribution in [3.63, 3.8) is 0 Å². The van der Waals surface area contributed by atoms with Gasteiger partial charge in [-0.15, -0.1) is 0 Å². The number of rotatable bonds is 0. The van der Waals surface area contributed by atoms with Crippen LogP contribution in [0.5, 0.6) is 0 Å². The first-order valence-corrected chi connectivity index (χ1v) is 2.68. The maximum Gasteiger partial charge on any atom is 0.275 e. The van der Waals surface area contributed by atoms with Gasteiger partial charge in [0.15, 0.2) is 0 Å². The summed E-state index contributed by atoms with van der Waals surface area (Å²) in [5.41, 5.74) is 9.35. The van der Waals surface area contributed by atoms with Crippen LogP contribution >= 0.6 is 24.4 Å². The summed E-state index contributed by atoms with van der Waals surface area (Å²) >= 11 is 8.25. The van der Waals surface area contributed by atoms with Crippen molar-refractivity contribution in [2.45, 2.75) is 0 Å². The van der Waals surface area contributed by atoms with Gasteiger partial charge in [-0.3, -0.25) is 0 Å². The Kier molecular flexibility index (Phi) is 19.6. The van der Waals surface area contributed by atoms with Gasteiger partial charge < -0.3 is 21.1 Å². The smallest absolute Gasteiger partial charge is 0.275 e. The average Bonchev–Trinajstić information content (AvgIpc) is 1.89. The van der Waals surface area contributed by atoms with Crippen molar-refractivity contribution in [2.24, 2.45) is 23.3 Å². The zero-order chi connectivity index (χ0) is 8.57. The minimum Gasteiger partial charge on any atom is -0.381 e. The monoisotopic (exact) mass is 248 g/mol. The second-order valence-corrected chi connectivity index (χ2v) is 1.68. The molecule has 0 bridgehead atoms. The van der Waals surface area contributed by atoms with E-state index >= 15 is 0 Å². The van der Waals surface area contributed by atoms with Gasteiger partial charge in [0.05, 0.1) is 0 Å². The van der Waals surface area contributed by atoms with E-state index in [1.165, 1.54) is 0 Å². The number of nitrogens with two attached hydrogens (primary N) is 4. The number of hydrogen-bond donors (Lipinski definition) is 4. The van der Waals surface area contributed by atoms with Gasteiger partial charge in [0.2, 0.25) is 0 Å². The summed E-state index contributed by atoms with van der Waals surface area (Å²) in [6.07, 6.45) is 0. The molecule has 9 heteroatoms. The summed E-state index contributed by atoms with van der Waals surface area (Å²) in [6.45, 7) is 0. The van der Waals surface area contributed by atoms with Crippen molar-refractivity contribution in [1.82, 2.24) is 0 Å².